The number of fused-ring (bicyclic) bond motifs is 6. The number of halogens is 2. The van der Waals surface area contributed by atoms with Crippen molar-refractivity contribution >= 4 is 28.0 Å². The standard InChI is InChI=1S/C40H60F2O13S/c1-24-8-26-10-30(43)18-37(13-24,15-26)33(45)53-22-36(23-54-34(46)38-14-25(2)9-27(16-38)11-31(44)19-38)20-51-32(52-21-36)12-28-5-7-39(6-3-4-29(28)17-39)55-35(47)40(41,42)56(48,49)50/h24-32,43-44H,3-23H2,1-2H3,(H,48,49,50). The third kappa shape index (κ3) is 8.53. The van der Waals surface area contributed by atoms with Crippen molar-refractivity contribution in [2.45, 2.75) is 152 Å². The first-order chi connectivity index (χ1) is 26.2. The van der Waals surface area contributed by atoms with Crippen LogP contribution in [-0.4, -0.2) is 96.9 Å². The van der Waals surface area contributed by atoms with Crippen LogP contribution in [0.3, 0.4) is 0 Å². The summed E-state index contributed by atoms with van der Waals surface area (Å²) in [4.78, 5) is 40.2. The molecule has 0 spiro atoms. The summed E-state index contributed by atoms with van der Waals surface area (Å²) >= 11 is 0. The highest BCUT2D eigenvalue weighted by molar-refractivity contribution is 7.87. The van der Waals surface area contributed by atoms with Crippen LogP contribution in [0.4, 0.5) is 8.78 Å². The maximum absolute atomic E-state index is 14.1. The number of alkyl halides is 2. The molecule has 3 N–H and O–H groups in total. The molecule has 0 aromatic carbocycles. The Balaban J connectivity index is 1.01. The van der Waals surface area contributed by atoms with Crippen LogP contribution in [0.2, 0.25) is 0 Å². The molecule has 1 saturated heterocycles. The Hall–Kier alpha value is -1.98. The lowest BCUT2D eigenvalue weighted by Gasteiger charge is -2.49. The molecule has 56 heavy (non-hydrogen) atoms. The fourth-order valence-electron chi connectivity index (χ4n) is 12.6. The van der Waals surface area contributed by atoms with Gasteiger partial charge in [-0.1, -0.05) is 13.8 Å². The Morgan fingerprint density at radius 3 is 1.82 bits per heavy atom. The Kier molecular flexibility index (Phi) is 11.7. The molecule has 1 heterocycles. The predicted molar refractivity (Wildman–Crippen MR) is 193 cm³/mol. The molecule has 7 aliphatic rings. The van der Waals surface area contributed by atoms with Gasteiger partial charge in [-0.2, -0.15) is 17.2 Å². The SMILES string of the molecule is CC1CC2CC(O)CC(C(=O)OCC3(COC(=O)C45CC(C)CC(CC(O)C4)C5)COC(CC4CCC5(OC(=O)C(F)(F)S(=O)(=O)O)CCCC4C5)OC3)(C1)C2. The van der Waals surface area contributed by atoms with E-state index in [1.165, 1.54) is 0 Å². The first kappa shape index (κ1) is 42.2. The van der Waals surface area contributed by atoms with Gasteiger partial charge >= 0.3 is 33.3 Å². The molecule has 11 atom stereocenters. The third-order valence-corrected chi connectivity index (χ3v) is 15.5. The van der Waals surface area contributed by atoms with Gasteiger partial charge in [0, 0.05) is 6.42 Å². The molecule has 6 bridgehead atoms. The second-order valence-corrected chi connectivity index (χ2v) is 21.1. The molecule has 6 saturated carbocycles. The maximum Gasteiger partial charge on any atom is 0.465 e. The lowest BCUT2D eigenvalue weighted by atomic mass is 9.58. The summed E-state index contributed by atoms with van der Waals surface area (Å²) in [5.41, 5.74) is -3.84. The van der Waals surface area contributed by atoms with Crippen LogP contribution in [0.1, 0.15) is 123 Å². The van der Waals surface area contributed by atoms with E-state index < -0.39 is 61.7 Å². The maximum atomic E-state index is 14.1. The average molecular weight is 819 g/mol. The lowest BCUT2D eigenvalue weighted by Crippen LogP contribution is -2.53. The van der Waals surface area contributed by atoms with Gasteiger partial charge in [-0.05, 0) is 138 Å². The fraction of sp³-hybridized carbons (Fsp3) is 0.925. The first-order valence-electron chi connectivity index (χ1n) is 20.8. The summed E-state index contributed by atoms with van der Waals surface area (Å²) in [6.45, 7) is 4.14. The summed E-state index contributed by atoms with van der Waals surface area (Å²) in [7, 11) is -5.99. The van der Waals surface area contributed by atoms with E-state index in [1.807, 2.05) is 0 Å². The number of esters is 3. The highest BCUT2D eigenvalue weighted by atomic mass is 32.2. The van der Waals surface area contributed by atoms with Crippen LogP contribution in [0.5, 0.6) is 0 Å². The molecule has 16 heteroatoms. The smallest absolute Gasteiger partial charge is 0.464 e. The minimum Gasteiger partial charge on any atom is -0.464 e. The van der Waals surface area contributed by atoms with E-state index in [-0.39, 0.29) is 74.9 Å². The number of hydrogen-bond donors (Lipinski definition) is 3. The number of aliphatic hydroxyl groups excluding tert-OH is 2. The average Bonchev–Trinajstić information content (AvgIpc) is 3.10. The Bertz CT molecular complexity index is 1500. The molecule has 7 rings (SSSR count). The molecule has 13 nitrogen and oxygen atoms in total. The van der Waals surface area contributed by atoms with Crippen LogP contribution in [0, 0.1) is 51.8 Å². The number of hydrogen-bond acceptors (Lipinski definition) is 12. The van der Waals surface area contributed by atoms with Crippen LogP contribution in [-0.2, 0) is 48.2 Å². The lowest BCUT2D eigenvalue weighted by molar-refractivity contribution is -0.259. The molecule has 7 fully saturated rings. The van der Waals surface area contributed by atoms with Crippen molar-refractivity contribution < 1.29 is 70.0 Å². The molecule has 6 aliphatic carbocycles. The fourth-order valence-corrected chi connectivity index (χ4v) is 12.8. The van der Waals surface area contributed by atoms with E-state index in [4.69, 9.17) is 28.2 Å². The van der Waals surface area contributed by atoms with E-state index in [2.05, 4.69) is 13.8 Å². The van der Waals surface area contributed by atoms with Crippen molar-refractivity contribution in [2.24, 2.45) is 51.8 Å². The first-order valence-corrected chi connectivity index (χ1v) is 22.2. The number of rotatable bonds is 11. The number of aliphatic hydroxyl groups is 2. The summed E-state index contributed by atoms with van der Waals surface area (Å²) in [5.74, 6) is -1.89. The van der Waals surface area contributed by atoms with Gasteiger partial charge in [0.05, 0.1) is 41.7 Å². The van der Waals surface area contributed by atoms with Gasteiger partial charge in [0.1, 0.15) is 18.8 Å². The number of carbonyl (C=O) groups excluding carboxylic acids is 3. The zero-order chi connectivity index (χ0) is 40.3. The van der Waals surface area contributed by atoms with Crippen molar-refractivity contribution in [1.29, 1.82) is 0 Å². The van der Waals surface area contributed by atoms with Crippen molar-refractivity contribution in [3.05, 3.63) is 0 Å². The molecule has 0 amide bonds. The molecular weight excluding hydrogens is 758 g/mol. The normalized spacial score (nSPS) is 43.9. The second kappa shape index (κ2) is 15.6. The zero-order valence-electron chi connectivity index (χ0n) is 32.6. The molecule has 0 aromatic heterocycles. The van der Waals surface area contributed by atoms with Crippen molar-refractivity contribution in [3.63, 3.8) is 0 Å². The van der Waals surface area contributed by atoms with E-state index in [0.717, 1.165) is 19.3 Å². The van der Waals surface area contributed by atoms with Crippen molar-refractivity contribution in [3.8, 4) is 0 Å². The van der Waals surface area contributed by atoms with Gasteiger partial charge in [0.15, 0.2) is 6.29 Å². The van der Waals surface area contributed by atoms with Crippen LogP contribution >= 0.6 is 0 Å². The monoisotopic (exact) mass is 818 g/mol. The number of carbonyl (C=O) groups is 3. The van der Waals surface area contributed by atoms with Gasteiger partial charge in [0.2, 0.25) is 0 Å². The zero-order valence-corrected chi connectivity index (χ0v) is 33.5. The Morgan fingerprint density at radius 2 is 1.30 bits per heavy atom. The highest BCUT2D eigenvalue weighted by Gasteiger charge is 2.58. The van der Waals surface area contributed by atoms with Gasteiger partial charge in [0.25, 0.3) is 0 Å². The summed E-state index contributed by atoms with van der Waals surface area (Å²) < 4.78 is 89.5. The van der Waals surface area contributed by atoms with Gasteiger partial charge in [-0.25, -0.2) is 4.79 Å². The van der Waals surface area contributed by atoms with Gasteiger partial charge < -0.3 is 33.9 Å². The highest BCUT2D eigenvalue weighted by Crippen LogP contribution is 2.54. The molecular formula is C40H60F2O13S. The summed E-state index contributed by atoms with van der Waals surface area (Å²) in [6.07, 6.45) is 7.81. The van der Waals surface area contributed by atoms with Crippen LogP contribution in [0.25, 0.3) is 0 Å². The minimum absolute atomic E-state index is 0.0218. The minimum atomic E-state index is -5.99. The molecule has 318 valence electrons. The molecule has 0 aromatic rings. The Morgan fingerprint density at radius 1 is 0.768 bits per heavy atom. The second-order valence-electron chi connectivity index (χ2n) is 19.6. The van der Waals surface area contributed by atoms with Gasteiger partial charge in [-0.15, -0.1) is 0 Å². The predicted octanol–water partition coefficient (Wildman–Crippen LogP) is 5.34. The van der Waals surface area contributed by atoms with Gasteiger partial charge in [-0.3, -0.25) is 14.1 Å². The van der Waals surface area contributed by atoms with E-state index in [9.17, 15) is 41.8 Å². The van der Waals surface area contributed by atoms with E-state index in [1.54, 1.807) is 0 Å². The Labute approximate surface area is 328 Å². The largest absolute Gasteiger partial charge is 0.465 e. The molecule has 0 radical (unpaired) electrons. The summed E-state index contributed by atoms with van der Waals surface area (Å²) in [6, 6.07) is 0. The molecule has 1 aliphatic heterocycles. The van der Waals surface area contributed by atoms with E-state index in [0.29, 0.717) is 88.9 Å². The quantitative estimate of drug-likeness (QED) is 0.138. The van der Waals surface area contributed by atoms with Crippen molar-refractivity contribution in [2.75, 3.05) is 26.4 Å². The molecule has 11 unspecified atom stereocenters. The summed E-state index contributed by atoms with van der Waals surface area (Å²) in [5, 5.41) is 16.3. The van der Waals surface area contributed by atoms with Crippen LogP contribution in [0.15, 0.2) is 0 Å². The van der Waals surface area contributed by atoms with E-state index >= 15 is 0 Å². The van der Waals surface area contributed by atoms with Crippen LogP contribution < -0.4 is 0 Å². The third-order valence-electron chi connectivity index (χ3n) is 14.7. The number of ether oxygens (including phenoxy) is 5. The van der Waals surface area contributed by atoms with Crippen molar-refractivity contribution in [1.82, 2.24) is 0 Å². The topological polar surface area (TPSA) is 192 Å².